The predicted molar refractivity (Wildman–Crippen MR) is 54.5 cm³/mol. The van der Waals surface area contributed by atoms with E-state index < -0.39 is 27.9 Å². The number of nitro benzene ring substituents is 1. The van der Waals surface area contributed by atoms with Crippen LogP contribution in [0.3, 0.4) is 0 Å². The molecule has 1 aromatic heterocycles. The van der Waals surface area contributed by atoms with Crippen molar-refractivity contribution < 1.29 is 13.7 Å². The van der Waals surface area contributed by atoms with Crippen molar-refractivity contribution >= 4 is 11.4 Å². The van der Waals surface area contributed by atoms with Crippen LogP contribution in [-0.2, 0) is 6.54 Å². The molecule has 0 bridgehead atoms. The Bertz CT molecular complexity index is 573. The SMILES string of the molecule is O=[N+]([O-])c1ccc(F)c(F)c1NCc1nn[nH]n1. The van der Waals surface area contributed by atoms with Gasteiger partial charge in [0.05, 0.1) is 11.5 Å². The molecule has 0 radical (unpaired) electrons. The van der Waals surface area contributed by atoms with E-state index in [2.05, 4.69) is 25.9 Å². The molecule has 8 nitrogen and oxygen atoms in total. The lowest BCUT2D eigenvalue weighted by Gasteiger charge is -2.06. The van der Waals surface area contributed by atoms with E-state index in [-0.39, 0.29) is 12.4 Å². The number of halogens is 2. The smallest absolute Gasteiger partial charge is 0.295 e. The monoisotopic (exact) mass is 256 g/mol. The van der Waals surface area contributed by atoms with E-state index >= 15 is 0 Å². The zero-order valence-electron chi connectivity index (χ0n) is 8.72. The van der Waals surface area contributed by atoms with Gasteiger partial charge in [0.25, 0.3) is 5.69 Å². The van der Waals surface area contributed by atoms with Crippen LogP contribution >= 0.6 is 0 Å². The number of nitro groups is 1. The molecule has 1 heterocycles. The summed E-state index contributed by atoms with van der Waals surface area (Å²) >= 11 is 0. The molecule has 0 amide bonds. The molecule has 1 aromatic carbocycles. The molecule has 0 saturated heterocycles. The van der Waals surface area contributed by atoms with Crippen molar-refractivity contribution in [3.63, 3.8) is 0 Å². The number of anilines is 1. The topological polar surface area (TPSA) is 110 Å². The lowest BCUT2D eigenvalue weighted by Crippen LogP contribution is -2.07. The first kappa shape index (κ1) is 11.8. The fraction of sp³-hybridized carbons (Fsp3) is 0.125. The van der Waals surface area contributed by atoms with Gasteiger partial charge in [-0.15, -0.1) is 10.2 Å². The van der Waals surface area contributed by atoms with Crippen LogP contribution < -0.4 is 5.32 Å². The maximum Gasteiger partial charge on any atom is 0.295 e. The van der Waals surface area contributed by atoms with E-state index in [1.165, 1.54) is 0 Å². The summed E-state index contributed by atoms with van der Waals surface area (Å²) in [6.45, 7) is -0.127. The molecular formula is C8H6F2N6O2. The summed E-state index contributed by atoms with van der Waals surface area (Å²) in [5, 5.41) is 25.6. The molecule has 0 aliphatic carbocycles. The Morgan fingerprint density at radius 1 is 1.44 bits per heavy atom. The standard InChI is InChI=1S/C8H6F2N6O2/c9-4-1-2-5(16(17)18)8(7(4)10)11-3-6-12-14-15-13-6/h1-2,11H,3H2,(H,12,13,14,15). The number of tetrazole rings is 1. The molecule has 0 fully saturated rings. The third-order valence-electron chi connectivity index (χ3n) is 2.08. The summed E-state index contributed by atoms with van der Waals surface area (Å²) in [7, 11) is 0. The normalized spacial score (nSPS) is 10.3. The average molecular weight is 256 g/mol. The van der Waals surface area contributed by atoms with Gasteiger partial charge in [0.1, 0.15) is 0 Å². The molecule has 0 spiro atoms. The van der Waals surface area contributed by atoms with Crippen LogP contribution in [0.2, 0.25) is 0 Å². The molecule has 0 aliphatic heterocycles. The van der Waals surface area contributed by atoms with Crippen molar-refractivity contribution in [3.05, 3.63) is 39.7 Å². The molecule has 94 valence electrons. The highest BCUT2D eigenvalue weighted by atomic mass is 19.2. The Hall–Kier alpha value is -2.65. The number of rotatable bonds is 4. The van der Waals surface area contributed by atoms with Crippen LogP contribution in [0.1, 0.15) is 5.82 Å². The number of H-pyrrole nitrogens is 1. The highest BCUT2D eigenvalue weighted by Crippen LogP contribution is 2.29. The van der Waals surface area contributed by atoms with Gasteiger partial charge in [0.2, 0.25) is 0 Å². The van der Waals surface area contributed by atoms with E-state index in [0.717, 1.165) is 6.07 Å². The summed E-state index contributed by atoms with van der Waals surface area (Å²) in [6, 6.07) is 1.56. The zero-order valence-corrected chi connectivity index (χ0v) is 8.72. The van der Waals surface area contributed by atoms with Crippen LogP contribution in [0.5, 0.6) is 0 Å². The number of nitrogens with one attached hydrogen (secondary N) is 2. The minimum Gasteiger partial charge on any atom is -0.370 e. The second kappa shape index (κ2) is 4.69. The highest BCUT2D eigenvalue weighted by molar-refractivity contribution is 5.62. The molecular weight excluding hydrogens is 250 g/mol. The number of aromatic amines is 1. The Kier molecular flexibility index (Phi) is 3.08. The van der Waals surface area contributed by atoms with Crippen LogP contribution in [0.25, 0.3) is 0 Å². The van der Waals surface area contributed by atoms with Gasteiger partial charge < -0.3 is 5.32 Å². The number of aromatic nitrogens is 4. The maximum absolute atomic E-state index is 13.4. The maximum atomic E-state index is 13.4. The molecule has 0 aliphatic rings. The molecule has 18 heavy (non-hydrogen) atoms. The van der Waals surface area contributed by atoms with Gasteiger partial charge in [0, 0.05) is 6.07 Å². The summed E-state index contributed by atoms with van der Waals surface area (Å²) in [6.07, 6.45) is 0. The van der Waals surface area contributed by atoms with E-state index in [4.69, 9.17) is 0 Å². The van der Waals surface area contributed by atoms with Crippen molar-refractivity contribution in [2.45, 2.75) is 6.54 Å². The van der Waals surface area contributed by atoms with E-state index in [1.807, 2.05) is 0 Å². The number of hydrogen-bond acceptors (Lipinski definition) is 6. The van der Waals surface area contributed by atoms with Crippen LogP contribution in [-0.4, -0.2) is 25.5 Å². The third kappa shape index (κ3) is 2.21. The van der Waals surface area contributed by atoms with Gasteiger partial charge in [0.15, 0.2) is 23.1 Å². The predicted octanol–water partition coefficient (Wildman–Crippen LogP) is 0.998. The van der Waals surface area contributed by atoms with Crippen molar-refractivity contribution in [1.29, 1.82) is 0 Å². The molecule has 2 rings (SSSR count). The van der Waals surface area contributed by atoms with Gasteiger partial charge in [-0.25, -0.2) is 8.78 Å². The Labute approximate surface area is 98.2 Å². The van der Waals surface area contributed by atoms with Crippen molar-refractivity contribution in [2.24, 2.45) is 0 Å². The largest absolute Gasteiger partial charge is 0.370 e. The molecule has 0 saturated carbocycles. The molecule has 10 heteroatoms. The minimum atomic E-state index is -1.33. The van der Waals surface area contributed by atoms with Crippen LogP contribution in [0, 0.1) is 21.7 Å². The Morgan fingerprint density at radius 3 is 2.83 bits per heavy atom. The number of benzene rings is 1. The first-order valence-electron chi connectivity index (χ1n) is 4.68. The van der Waals surface area contributed by atoms with Crippen molar-refractivity contribution in [2.75, 3.05) is 5.32 Å². The van der Waals surface area contributed by atoms with Gasteiger partial charge in [-0.05, 0) is 6.07 Å². The Balaban J connectivity index is 2.30. The minimum absolute atomic E-state index is 0.127. The summed E-state index contributed by atoms with van der Waals surface area (Å²) in [5.74, 6) is -2.35. The van der Waals surface area contributed by atoms with E-state index in [1.54, 1.807) is 0 Å². The number of nitrogens with zero attached hydrogens (tertiary/aromatic N) is 4. The lowest BCUT2D eigenvalue weighted by molar-refractivity contribution is -0.384. The van der Waals surface area contributed by atoms with Gasteiger partial charge in [-0.2, -0.15) is 5.21 Å². The second-order valence-electron chi connectivity index (χ2n) is 3.19. The third-order valence-corrected chi connectivity index (χ3v) is 2.08. The zero-order chi connectivity index (χ0) is 13.1. The quantitative estimate of drug-likeness (QED) is 0.623. The van der Waals surface area contributed by atoms with E-state index in [0.29, 0.717) is 6.07 Å². The lowest BCUT2D eigenvalue weighted by atomic mass is 10.2. The van der Waals surface area contributed by atoms with Gasteiger partial charge in [-0.3, -0.25) is 10.1 Å². The van der Waals surface area contributed by atoms with Crippen molar-refractivity contribution in [3.8, 4) is 0 Å². The van der Waals surface area contributed by atoms with Crippen molar-refractivity contribution in [1.82, 2.24) is 20.6 Å². The fourth-order valence-corrected chi connectivity index (χ4v) is 1.29. The van der Waals surface area contributed by atoms with Crippen LogP contribution in [0.15, 0.2) is 12.1 Å². The summed E-state index contributed by atoms with van der Waals surface area (Å²) < 4.78 is 26.4. The van der Waals surface area contributed by atoms with Gasteiger partial charge >= 0.3 is 0 Å². The van der Waals surface area contributed by atoms with Crippen LogP contribution in [0.4, 0.5) is 20.2 Å². The fourth-order valence-electron chi connectivity index (χ4n) is 1.29. The average Bonchev–Trinajstić information content (AvgIpc) is 2.83. The molecule has 0 unspecified atom stereocenters. The summed E-state index contributed by atoms with van der Waals surface area (Å²) in [5.41, 5.74) is -1.12. The molecule has 0 atom stereocenters. The summed E-state index contributed by atoms with van der Waals surface area (Å²) in [4.78, 5) is 9.85. The van der Waals surface area contributed by atoms with Gasteiger partial charge in [-0.1, -0.05) is 5.21 Å². The molecule has 2 N–H and O–H groups in total. The second-order valence-corrected chi connectivity index (χ2v) is 3.19. The highest BCUT2D eigenvalue weighted by Gasteiger charge is 2.21. The number of hydrogen-bond donors (Lipinski definition) is 2. The first-order valence-corrected chi connectivity index (χ1v) is 4.68. The van der Waals surface area contributed by atoms with E-state index in [9.17, 15) is 18.9 Å². The first-order chi connectivity index (χ1) is 8.59. The molecule has 2 aromatic rings. The Morgan fingerprint density at radius 2 is 2.22 bits per heavy atom.